The molecule has 7 heteroatoms. The highest BCUT2D eigenvalue weighted by molar-refractivity contribution is 7.90. The standard InChI is InChI=1S/C18H13FN2O2S2/c1-21-17-15-5-3-2-4-12(15)6-11-16(17)24-18(21)20-25(22,23)14-9-7-13(19)8-10-14/h2-11H,1H3. The molecule has 0 aliphatic rings. The summed E-state index contributed by atoms with van der Waals surface area (Å²) in [5.74, 6) is -0.488. The van der Waals surface area contributed by atoms with Crippen molar-refractivity contribution in [1.82, 2.24) is 4.57 Å². The van der Waals surface area contributed by atoms with Crippen LogP contribution in [-0.2, 0) is 17.1 Å². The SMILES string of the molecule is Cn1c(=NS(=O)(=O)c2ccc(F)cc2)sc2ccc3ccccc3c21. The van der Waals surface area contributed by atoms with E-state index in [0.717, 1.165) is 33.1 Å². The Morgan fingerprint density at radius 3 is 2.48 bits per heavy atom. The lowest BCUT2D eigenvalue weighted by Gasteiger charge is -2.02. The van der Waals surface area contributed by atoms with E-state index in [-0.39, 0.29) is 4.90 Å². The third-order valence-corrected chi connectivity index (χ3v) is 6.49. The summed E-state index contributed by atoms with van der Waals surface area (Å²) in [6.07, 6.45) is 0. The molecule has 0 fully saturated rings. The monoisotopic (exact) mass is 372 g/mol. The van der Waals surface area contributed by atoms with E-state index in [0.29, 0.717) is 4.80 Å². The zero-order valence-electron chi connectivity index (χ0n) is 13.2. The van der Waals surface area contributed by atoms with Crippen molar-refractivity contribution in [3.8, 4) is 0 Å². The van der Waals surface area contributed by atoms with Crippen LogP contribution in [0.5, 0.6) is 0 Å². The van der Waals surface area contributed by atoms with Crippen molar-refractivity contribution < 1.29 is 12.8 Å². The van der Waals surface area contributed by atoms with Gasteiger partial charge in [0.2, 0.25) is 4.80 Å². The second-order valence-corrected chi connectivity index (χ2v) is 8.21. The number of nitrogens with zero attached hydrogens (tertiary/aromatic N) is 2. The normalized spacial score (nSPS) is 13.0. The fourth-order valence-corrected chi connectivity index (χ4v) is 5.03. The summed E-state index contributed by atoms with van der Waals surface area (Å²) in [5.41, 5.74) is 0.941. The van der Waals surface area contributed by atoms with Gasteiger partial charge in [-0.1, -0.05) is 41.7 Å². The van der Waals surface area contributed by atoms with Gasteiger partial charge in [-0.05, 0) is 35.7 Å². The van der Waals surface area contributed by atoms with Crippen molar-refractivity contribution in [2.24, 2.45) is 11.4 Å². The fraction of sp³-hybridized carbons (Fsp3) is 0.0556. The number of aromatic nitrogens is 1. The molecule has 126 valence electrons. The summed E-state index contributed by atoms with van der Waals surface area (Å²) in [5, 5.41) is 2.12. The molecule has 0 aliphatic heterocycles. The Hall–Kier alpha value is -2.51. The summed E-state index contributed by atoms with van der Waals surface area (Å²) in [6.45, 7) is 0. The third kappa shape index (κ3) is 2.75. The number of sulfonamides is 1. The van der Waals surface area contributed by atoms with E-state index in [4.69, 9.17) is 0 Å². The quantitative estimate of drug-likeness (QED) is 0.537. The smallest absolute Gasteiger partial charge is 0.285 e. The Morgan fingerprint density at radius 1 is 1.00 bits per heavy atom. The topological polar surface area (TPSA) is 51.4 Å². The van der Waals surface area contributed by atoms with Crippen LogP contribution in [0.15, 0.2) is 70.0 Å². The van der Waals surface area contributed by atoms with Gasteiger partial charge in [0, 0.05) is 12.4 Å². The van der Waals surface area contributed by atoms with E-state index in [1.54, 1.807) is 11.6 Å². The number of hydrogen-bond donors (Lipinski definition) is 0. The summed E-state index contributed by atoms with van der Waals surface area (Å²) >= 11 is 1.31. The largest absolute Gasteiger partial charge is 0.318 e. The summed E-state index contributed by atoms with van der Waals surface area (Å²) in [7, 11) is -2.11. The molecule has 1 aromatic heterocycles. The minimum Gasteiger partial charge on any atom is -0.318 e. The number of aryl methyl sites for hydroxylation is 1. The first-order valence-electron chi connectivity index (χ1n) is 7.49. The summed E-state index contributed by atoms with van der Waals surface area (Å²) < 4.78 is 44.7. The van der Waals surface area contributed by atoms with Crippen molar-refractivity contribution in [3.05, 3.63) is 71.3 Å². The van der Waals surface area contributed by atoms with Crippen LogP contribution in [0.1, 0.15) is 0 Å². The molecule has 0 bridgehead atoms. The van der Waals surface area contributed by atoms with E-state index < -0.39 is 15.8 Å². The maximum Gasteiger partial charge on any atom is 0.285 e. The third-order valence-electron chi connectivity index (χ3n) is 4.00. The number of fused-ring (bicyclic) bond motifs is 3. The van der Waals surface area contributed by atoms with E-state index in [9.17, 15) is 12.8 Å². The molecule has 0 saturated carbocycles. The Morgan fingerprint density at radius 2 is 1.72 bits per heavy atom. The van der Waals surface area contributed by atoms with Gasteiger partial charge in [0.05, 0.1) is 15.1 Å². The van der Waals surface area contributed by atoms with E-state index in [2.05, 4.69) is 4.40 Å². The zero-order valence-corrected chi connectivity index (χ0v) is 14.8. The molecule has 4 rings (SSSR count). The molecule has 0 atom stereocenters. The van der Waals surface area contributed by atoms with Gasteiger partial charge in [0.25, 0.3) is 10.0 Å². The van der Waals surface area contributed by atoms with Crippen molar-refractivity contribution in [2.75, 3.05) is 0 Å². The predicted molar refractivity (Wildman–Crippen MR) is 97.5 cm³/mol. The number of hydrogen-bond acceptors (Lipinski definition) is 3. The Balaban J connectivity index is 1.98. The van der Waals surface area contributed by atoms with Crippen molar-refractivity contribution >= 4 is 42.3 Å². The highest BCUT2D eigenvalue weighted by Crippen LogP contribution is 2.26. The Labute approximate surface area is 147 Å². The molecule has 4 nitrogen and oxygen atoms in total. The second-order valence-electron chi connectivity index (χ2n) is 5.60. The highest BCUT2D eigenvalue weighted by Gasteiger charge is 2.14. The van der Waals surface area contributed by atoms with Gasteiger partial charge in [-0.2, -0.15) is 8.42 Å². The number of benzene rings is 3. The van der Waals surface area contributed by atoms with Crippen LogP contribution in [0.4, 0.5) is 4.39 Å². The number of thiazole rings is 1. The van der Waals surface area contributed by atoms with Crippen LogP contribution in [0.3, 0.4) is 0 Å². The molecule has 4 aromatic rings. The van der Waals surface area contributed by atoms with Gasteiger partial charge >= 0.3 is 0 Å². The van der Waals surface area contributed by atoms with Gasteiger partial charge in [-0.25, -0.2) is 4.39 Å². The molecule has 0 N–H and O–H groups in total. The lowest BCUT2D eigenvalue weighted by Crippen LogP contribution is -2.13. The maximum absolute atomic E-state index is 13.0. The fourth-order valence-electron chi connectivity index (χ4n) is 2.77. The van der Waals surface area contributed by atoms with Gasteiger partial charge in [-0.3, -0.25) is 0 Å². The zero-order chi connectivity index (χ0) is 17.6. The summed E-state index contributed by atoms with van der Waals surface area (Å²) in [6, 6.07) is 16.6. The van der Waals surface area contributed by atoms with Crippen molar-refractivity contribution in [2.45, 2.75) is 4.90 Å². The lowest BCUT2D eigenvalue weighted by molar-refractivity contribution is 0.595. The molecule has 0 unspecified atom stereocenters. The van der Waals surface area contributed by atoms with Crippen LogP contribution in [0.2, 0.25) is 0 Å². The predicted octanol–water partition coefficient (Wildman–Crippen LogP) is 3.82. The first kappa shape index (κ1) is 16.0. The molecule has 0 radical (unpaired) electrons. The van der Waals surface area contributed by atoms with Crippen LogP contribution in [-0.4, -0.2) is 13.0 Å². The molecule has 0 saturated heterocycles. The van der Waals surface area contributed by atoms with Crippen molar-refractivity contribution in [1.29, 1.82) is 0 Å². The van der Waals surface area contributed by atoms with Crippen LogP contribution < -0.4 is 4.80 Å². The van der Waals surface area contributed by atoms with E-state index >= 15 is 0 Å². The number of halogens is 1. The molecule has 0 amide bonds. The van der Waals surface area contributed by atoms with Crippen LogP contribution in [0, 0.1) is 5.82 Å². The Bertz CT molecular complexity index is 1270. The van der Waals surface area contributed by atoms with Gasteiger partial charge in [-0.15, -0.1) is 4.40 Å². The second kappa shape index (κ2) is 5.79. The highest BCUT2D eigenvalue weighted by atomic mass is 32.2. The summed E-state index contributed by atoms with van der Waals surface area (Å²) in [4.78, 5) is 0.340. The van der Waals surface area contributed by atoms with Crippen molar-refractivity contribution in [3.63, 3.8) is 0 Å². The lowest BCUT2D eigenvalue weighted by atomic mass is 10.1. The van der Waals surface area contributed by atoms with E-state index in [1.807, 2.05) is 36.4 Å². The average Bonchev–Trinajstić information content (AvgIpc) is 2.91. The molecule has 0 aliphatic carbocycles. The number of rotatable bonds is 2. The molecule has 1 heterocycles. The maximum atomic E-state index is 13.0. The van der Waals surface area contributed by atoms with Gasteiger partial charge < -0.3 is 4.57 Å². The Kier molecular flexibility index (Phi) is 3.70. The molecule has 3 aromatic carbocycles. The average molecular weight is 372 g/mol. The minimum atomic E-state index is -3.91. The first-order chi connectivity index (χ1) is 12.0. The molecule has 25 heavy (non-hydrogen) atoms. The minimum absolute atomic E-state index is 0.0313. The van der Waals surface area contributed by atoms with Gasteiger partial charge in [0.15, 0.2) is 0 Å². The molecule has 0 spiro atoms. The first-order valence-corrected chi connectivity index (χ1v) is 9.75. The molecular weight excluding hydrogens is 359 g/mol. The molecular formula is C18H13FN2O2S2. The van der Waals surface area contributed by atoms with Gasteiger partial charge in [0.1, 0.15) is 5.82 Å². The van der Waals surface area contributed by atoms with E-state index in [1.165, 1.54) is 23.5 Å². The van der Waals surface area contributed by atoms with Crippen LogP contribution in [0.25, 0.3) is 21.0 Å². The van der Waals surface area contributed by atoms with Crippen LogP contribution >= 0.6 is 11.3 Å².